The summed E-state index contributed by atoms with van der Waals surface area (Å²) in [5, 5.41) is 8.27. The molecule has 196 valence electrons. The van der Waals surface area contributed by atoms with Gasteiger partial charge in [0.25, 0.3) is 5.91 Å². The molecule has 0 saturated carbocycles. The van der Waals surface area contributed by atoms with Crippen LogP contribution in [0.25, 0.3) is 0 Å². The number of hydrogen-bond acceptors (Lipinski definition) is 5. The Balaban J connectivity index is 0.000000405. The summed E-state index contributed by atoms with van der Waals surface area (Å²) in [5.74, 6) is -1.97. The first-order valence-electron chi connectivity index (χ1n) is 11.4. The van der Waals surface area contributed by atoms with Crippen LogP contribution in [0.3, 0.4) is 0 Å². The Kier molecular flexibility index (Phi) is 8.11. The number of fused-ring (bicyclic) bond motifs is 2. The maximum absolute atomic E-state index is 13.5. The predicted molar refractivity (Wildman–Crippen MR) is 133 cm³/mol. The van der Waals surface area contributed by atoms with Gasteiger partial charge in [0, 0.05) is 48.3 Å². The summed E-state index contributed by atoms with van der Waals surface area (Å²) in [6, 6.07) is 15.8. The Hall–Kier alpha value is -3.08. The number of benzene rings is 2. The molecule has 37 heavy (non-hydrogen) atoms. The van der Waals surface area contributed by atoms with Gasteiger partial charge in [0.2, 0.25) is 5.96 Å². The molecule has 0 aliphatic carbocycles. The molecule has 12 heteroatoms. The standard InChI is InChI=1S/C23H22Cl2N4O.C2HF3O2/c24-18-7-6-17(20(25)12-18)14-29-22(30)19-15-27(13-16-4-2-1-3-5-16)10-8-21(19)28-11-9-26-23(28)29;3-2(4,5)1(6)7/h1-7,12H,8-11,13-15H2;(H,6,7). The third-order valence-electron chi connectivity index (χ3n) is 6.12. The maximum atomic E-state index is 13.5. The number of aliphatic carboxylic acids is 1. The SMILES string of the molecule is O=C(O)C(F)(F)F.O=C1C2=C(CCN(Cc3ccccc3)C2)N2CCN=C2N1Cc1ccc(Cl)cc1Cl. The van der Waals surface area contributed by atoms with E-state index in [0.29, 0.717) is 29.7 Å². The maximum Gasteiger partial charge on any atom is 0.490 e. The fourth-order valence-corrected chi connectivity index (χ4v) is 4.88. The lowest BCUT2D eigenvalue weighted by molar-refractivity contribution is -0.192. The normalized spacial score (nSPS) is 17.6. The lowest BCUT2D eigenvalue weighted by Crippen LogP contribution is -2.53. The number of halogens is 5. The van der Waals surface area contributed by atoms with E-state index >= 15 is 0 Å². The van der Waals surface area contributed by atoms with Crippen molar-refractivity contribution in [2.75, 3.05) is 26.2 Å². The van der Waals surface area contributed by atoms with Crippen LogP contribution >= 0.6 is 23.2 Å². The van der Waals surface area contributed by atoms with Gasteiger partial charge >= 0.3 is 12.1 Å². The van der Waals surface area contributed by atoms with Crippen molar-refractivity contribution < 1.29 is 27.9 Å². The van der Waals surface area contributed by atoms with Gasteiger partial charge in [-0.2, -0.15) is 13.2 Å². The number of carboxylic acid groups (broad SMARTS) is 1. The molecule has 0 atom stereocenters. The third-order valence-corrected chi connectivity index (χ3v) is 6.71. The van der Waals surface area contributed by atoms with E-state index in [4.69, 9.17) is 33.1 Å². The molecule has 5 rings (SSSR count). The van der Waals surface area contributed by atoms with Crippen molar-refractivity contribution in [3.05, 3.63) is 81.0 Å². The van der Waals surface area contributed by atoms with E-state index in [1.165, 1.54) is 5.56 Å². The second kappa shape index (κ2) is 11.1. The number of hydrogen-bond donors (Lipinski definition) is 1. The quantitative estimate of drug-likeness (QED) is 0.587. The smallest absolute Gasteiger partial charge is 0.475 e. The molecule has 2 aromatic carbocycles. The molecule has 0 unspecified atom stereocenters. The summed E-state index contributed by atoms with van der Waals surface area (Å²) in [4.78, 5) is 33.4. The van der Waals surface area contributed by atoms with E-state index in [2.05, 4.69) is 39.1 Å². The van der Waals surface area contributed by atoms with Crippen LogP contribution in [0.2, 0.25) is 10.0 Å². The second-order valence-electron chi connectivity index (χ2n) is 8.63. The van der Waals surface area contributed by atoms with E-state index in [0.717, 1.165) is 48.8 Å². The largest absolute Gasteiger partial charge is 0.490 e. The molecule has 1 amide bonds. The summed E-state index contributed by atoms with van der Waals surface area (Å²) in [6.07, 6.45) is -4.22. The highest BCUT2D eigenvalue weighted by Crippen LogP contribution is 2.33. The van der Waals surface area contributed by atoms with Gasteiger partial charge in [-0.05, 0) is 23.3 Å². The first-order chi connectivity index (χ1) is 17.5. The van der Waals surface area contributed by atoms with Gasteiger partial charge in [-0.15, -0.1) is 0 Å². The molecular weight excluding hydrogens is 532 g/mol. The van der Waals surface area contributed by atoms with Crippen molar-refractivity contribution in [2.45, 2.75) is 25.7 Å². The Labute approximate surface area is 221 Å². The average molecular weight is 555 g/mol. The molecule has 0 radical (unpaired) electrons. The van der Waals surface area contributed by atoms with Crippen LogP contribution in [0.5, 0.6) is 0 Å². The molecule has 0 spiro atoms. The number of guanidine groups is 1. The Morgan fingerprint density at radius 1 is 1.05 bits per heavy atom. The van der Waals surface area contributed by atoms with E-state index in [-0.39, 0.29) is 5.91 Å². The monoisotopic (exact) mass is 554 g/mol. The van der Waals surface area contributed by atoms with E-state index in [1.54, 1.807) is 17.0 Å². The number of aliphatic imine (C=N–C) groups is 1. The van der Waals surface area contributed by atoms with Gasteiger partial charge in [0.1, 0.15) is 0 Å². The minimum atomic E-state index is -5.08. The van der Waals surface area contributed by atoms with Gasteiger partial charge in [-0.1, -0.05) is 59.6 Å². The lowest BCUT2D eigenvalue weighted by Gasteiger charge is -2.42. The van der Waals surface area contributed by atoms with Crippen LogP contribution in [0.15, 0.2) is 64.8 Å². The fourth-order valence-electron chi connectivity index (χ4n) is 4.41. The number of alkyl halides is 3. The van der Waals surface area contributed by atoms with Gasteiger partial charge in [0.15, 0.2) is 0 Å². The van der Waals surface area contributed by atoms with E-state index < -0.39 is 12.1 Å². The molecule has 3 heterocycles. The van der Waals surface area contributed by atoms with Gasteiger partial charge in [0.05, 0.1) is 18.7 Å². The number of amides is 1. The number of carbonyl (C=O) groups excluding carboxylic acids is 1. The minimum Gasteiger partial charge on any atom is -0.475 e. The van der Waals surface area contributed by atoms with Crippen LogP contribution < -0.4 is 0 Å². The molecule has 2 aromatic rings. The van der Waals surface area contributed by atoms with Crippen LogP contribution in [-0.4, -0.2) is 70.0 Å². The van der Waals surface area contributed by atoms with Crippen molar-refractivity contribution in [1.82, 2.24) is 14.7 Å². The lowest BCUT2D eigenvalue weighted by atomic mass is 10.00. The summed E-state index contributed by atoms with van der Waals surface area (Å²) in [5.41, 5.74) is 4.14. The van der Waals surface area contributed by atoms with Crippen LogP contribution in [0.4, 0.5) is 13.2 Å². The van der Waals surface area contributed by atoms with Crippen LogP contribution in [0.1, 0.15) is 17.5 Å². The molecule has 0 fully saturated rings. The predicted octanol–water partition coefficient (Wildman–Crippen LogP) is 4.80. The van der Waals surface area contributed by atoms with Gasteiger partial charge in [-0.25, -0.2) is 4.79 Å². The Morgan fingerprint density at radius 2 is 1.76 bits per heavy atom. The average Bonchev–Trinajstić information content (AvgIpc) is 3.33. The van der Waals surface area contributed by atoms with Gasteiger partial charge < -0.3 is 10.0 Å². The molecule has 1 N–H and O–H groups in total. The number of nitrogens with zero attached hydrogens (tertiary/aromatic N) is 4. The van der Waals surface area contributed by atoms with Gasteiger partial charge in [-0.3, -0.25) is 19.6 Å². The molecule has 7 nitrogen and oxygen atoms in total. The molecule has 3 aliphatic rings. The van der Waals surface area contributed by atoms with Crippen molar-refractivity contribution in [3.63, 3.8) is 0 Å². The zero-order valence-corrected chi connectivity index (χ0v) is 21.0. The fraction of sp³-hybridized carbons (Fsp3) is 0.320. The Morgan fingerprint density at radius 3 is 2.41 bits per heavy atom. The second-order valence-corrected chi connectivity index (χ2v) is 9.48. The molecule has 0 bridgehead atoms. The highest BCUT2D eigenvalue weighted by Gasteiger charge is 2.41. The molecule has 3 aliphatic heterocycles. The first kappa shape index (κ1) is 27.0. The third kappa shape index (κ3) is 6.26. The summed E-state index contributed by atoms with van der Waals surface area (Å²) in [7, 11) is 0. The number of carbonyl (C=O) groups is 2. The highest BCUT2D eigenvalue weighted by atomic mass is 35.5. The number of rotatable bonds is 4. The highest BCUT2D eigenvalue weighted by molar-refractivity contribution is 6.35. The van der Waals surface area contributed by atoms with Crippen molar-refractivity contribution in [2.24, 2.45) is 4.99 Å². The topological polar surface area (TPSA) is 76.5 Å². The van der Waals surface area contributed by atoms with E-state index in [1.807, 2.05) is 12.1 Å². The molecule has 0 aromatic heterocycles. The van der Waals surface area contributed by atoms with Crippen LogP contribution in [-0.2, 0) is 22.7 Å². The van der Waals surface area contributed by atoms with Crippen molar-refractivity contribution in [3.8, 4) is 0 Å². The molecular formula is C25H23Cl2F3N4O3. The zero-order valence-electron chi connectivity index (χ0n) is 19.5. The van der Waals surface area contributed by atoms with Crippen molar-refractivity contribution >= 4 is 41.0 Å². The number of carboxylic acids is 1. The summed E-state index contributed by atoms with van der Waals surface area (Å²) in [6.45, 7) is 4.35. The van der Waals surface area contributed by atoms with Crippen molar-refractivity contribution in [1.29, 1.82) is 0 Å². The zero-order chi connectivity index (χ0) is 26.7. The molecule has 0 saturated heterocycles. The Bertz CT molecular complexity index is 1250. The van der Waals surface area contributed by atoms with E-state index in [9.17, 15) is 18.0 Å². The minimum absolute atomic E-state index is 0.0330. The van der Waals surface area contributed by atoms with Crippen LogP contribution in [0, 0.1) is 0 Å². The summed E-state index contributed by atoms with van der Waals surface area (Å²) >= 11 is 12.4. The summed E-state index contributed by atoms with van der Waals surface area (Å²) < 4.78 is 31.7. The first-order valence-corrected chi connectivity index (χ1v) is 12.2.